The number of nitrogens with one attached hydrogen (secondary N) is 2. The molecule has 0 fully saturated rings. The molecule has 28 heavy (non-hydrogen) atoms. The average molecular weight is 444 g/mol. The molecule has 4 rings (SSSR count). The second-order valence-electron chi connectivity index (χ2n) is 5.92. The number of rotatable bonds is 3. The highest BCUT2D eigenvalue weighted by Crippen LogP contribution is 2.29. The number of amides is 2. The maximum Gasteiger partial charge on any atom is 0.288 e. The standard InChI is InChI=1S/C10H10N4O.C9H8BrNO2/c11-9(15)10-12-8(13-14-10)6-7-4-2-1-3-5-7;10-6-1-2-8-7(5-6)11-9(12)3-4-13-8/h1-5H,6H2,(H2,11,15)(H,12,13,14);1-2,5H,3-4H2,(H,11,12). The molecule has 0 aliphatic carbocycles. The Balaban J connectivity index is 0.000000162. The van der Waals surface area contributed by atoms with Crippen LogP contribution in [0.4, 0.5) is 5.69 Å². The molecule has 0 radical (unpaired) electrons. The SMILES string of the molecule is NC(=O)c1n[nH]c(Cc2ccccc2)n1.O=C1CCOc2ccc(Br)cc2N1. The predicted molar refractivity (Wildman–Crippen MR) is 107 cm³/mol. The molecule has 0 saturated carbocycles. The van der Waals surface area contributed by atoms with Gasteiger partial charge in [-0.3, -0.25) is 14.7 Å². The molecule has 0 saturated heterocycles. The Morgan fingerprint density at radius 1 is 1.21 bits per heavy atom. The molecule has 2 aromatic carbocycles. The number of anilines is 1. The fourth-order valence-corrected chi connectivity index (χ4v) is 2.83. The summed E-state index contributed by atoms with van der Waals surface area (Å²) in [5.74, 6) is 0.771. The number of aromatic amines is 1. The zero-order valence-corrected chi connectivity index (χ0v) is 16.4. The van der Waals surface area contributed by atoms with Gasteiger partial charge in [0.1, 0.15) is 11.6 Å². The molecule has 4 N–H and O–H groups in total. The number of nitrogens with two attached hydrogens (primary N) is 1. The van der Waals surface area contributed by atoms with Crippen LogP contribution < -0.4 is 15.8 Å². The molecule has 0 spiro atoms. The predicted octanol–water partition coefficient (Wildman–Crippen LogP) is 2.66. The number of aromatic nitrogens is 3. The maximum atomic E-state index is 11.2. The van der Waals surface area contributed by atoms with Crippen LogP contribution in [0.1, 0.15) is 28.4 Å². The van der Waals surface area contributed by atoms with E-state index in [4.69, 9.17) is 10.5 Å². The molecule has 1 aromatic heterocycles. The Morgan fingerprint density at radius 2 is 2.00 bits per heavy atom. The summed E-state index contributed by atoms with van der Waals surface area (Å²) in [6.45, 7) is 0.445. The topological polar surface area (TPSA) is 123 Å². The van der Waals surface area contributed by atoms with Crippen LogP contribution >= 0.6 is 15.9 Å². The van der Waals surface area contributed by atoms with Gasteiger partial charge >= 0.3 is 0 Å². The van der Waals surface area contributed by atoms with Crippen LogP contribution in [0.2, 0.25) is 0 Å². The Morgan fingerprint density at radius 3 is 2.71 bits per heavy atom. The largest absolute Gasteiger partial charge is 0.491 e. The van der Waals surface area contributed by atoms with Crippen LogP contribution in [0.5, 0.6) is 5.75 Å². The van der Waals surface area contributed by atoms with Gasteiger partial charge in [-0.15, -0.1) is 5.10 Å². The van der Waals surface area contributed by atoms with Crippen molar-refractivity contribution in [2.24, 2.45) is 5.73 Å². The molecule has 8 nitrogen and oxygen atoms in total. The summed E-state index contributed by atoms with van der Waals surface area (Å²) in [4.78, 5) is 25.9. The van der Waals surface area contributed by atoms with Crippen LogP contribution in [0.15, 0.2) is 53.0 Å². The van der Waals surface area contributed by atoms with Crippen molar-refractivity contribution in [1.82, 2.24) is 15.2 Å². The van der Waals surface area contributed by atoms with Gasteiger partial charge in [-0.25, -0.2) is 4.98 Å². The highest BCUT2D eigenvalue weighted by molar-refractivity contribution is 9.10. The van der Waals surface area contributed by atoms with E-state index in [1.54, 1.807) is 0 Å². The Bertz CT molecular complexity index is 975. The lowest BCUT2D eigenvalue weighted by atomic mass is 10.1. The lowest BCUT2D eigenvalue weighted by Crippen LogP contribution is -2.12. The number of nitrogens with zero attached hydrogens (tertiary/aromatic N) is 2. The Kier molecular flexibility index (Phi) is 6.38. The maximum absolute atomic E-state index is 11.2. The average Bonchev–Trinajstić information content (AvgIpc) is 3.06. The van der Waals surface area contributed by atoms with Crippen molar-refractivity contribution in [2.45, 2.75) is 12.8 Å². The number of hydrogen-bond acceptors (Lipinski definition) is 5. The van der Waals surface area contributed by atoms with Crippen molar-refractivity contribution >= 4 is 33.4 Å². The summed E-state index contributed by atoms with van der Waals surface area (Å²) in [5, 5.41) is 9.14. The van der Waals surface area contributed by atoms with Crippen molar-refractivity contribution < 1.29 is 14.3 Å². The molecule has 0 atom stereocenters. The van der Waals surface area contributed by atoms with Gasteiger partial charge in [0, 0.05) is 10.9 Å². The number of fused-ring (bicyclic) bond motifs is 1. The normalized spacial score (nSPS) is 12.5. The third-order valence-corrected chi connectivity index (χ3v) is 4.26. The molecule has 2 amide bonds. The summed E-state index contributed by atoms with van der Waals surface area (Å²) < 4.78 is 6.30. The summed E-state index contributed by atoms with van der Waals surface area (Å²) in [5.41, 5.74) is 6.87. The van der Waals surface area contributed by atoms with E-state index >= 15 is 0 Å². The number of hydrogen-bond donors (Lipinski definition) is 3. The Hall–Kier alpha value is -3.20. The van der Waals surface area contributed by atoms with Crippen molar-refractivity contribution in [3.05, 3.63) is 70.2 Å². The summed E-state index contributed by atoms with van der Waals surface area (Å²) >= 11 is 3.33. The van der Waals surface area contributed by atoms with Crippen LogP contribution in [0, 0.1) is 0 Å². The van der Waals surface area contributed by atoms with Gasteiger partial charge in [-0.1, -0.05) is 46.3 Å². The summed E-state index contributed by atoms with van der Waals surface area (Å²) in [6.07, 6.45) is 1.02. The molecule has 3 aromatic rings. The van der Waals surface area contributed by atoms with Crippen LogP contribution in [-0.2, 0) is 11.2 Å². The van der Waals surface area contributed by atoms with Crippen LogP contribution in [-0.4, -0.2) is 33.6 Å². The zero-order chi connectivity index (χ0) is 19.9. The first kappa shape index (κ1) is 19.6. The molecule has 1 aliphatic rings. The van der Waals surface area contributed by atoms with Crippen LogP contribution in [0.25, 0.3) is 0 Å². The van der Waals surface area contributed by atoms with E-state index in [0.29, 0.717) is 25.3 Å². The fourth-order valence-electron chi connectivity index (χ4n) is 2.47. The number of ether oxygens (including phenoxy) is 1. The second-order valence-corrected chi connectivity index (χ2v) is 6.84. The minimum absolute atomic E-state index is 0.00292. The van der Waals surface area contributed by atoms with Gasteiger partial charge < -0.3 is 15.8 Å². The van der Waals surface area contributed by atoms with Gasteiger partial charge in [0.2, 0.25) is 11.7 Å². The third kappa shape index (κ3) is 5.40. The third-order valence-electron chi connectivity index (χ3n) is 3.77. The second kappa shape index (κ2) is 9.14. The lowest BCUT2D eigenvalue weighted by molar-refractivity contribution is -0.116. The van der Waals surface area contributed by atoms with E-state index in [9.17, 15) is 9.59 Å². The van der Waals surface area contributed by atoms with Gasteiger partial charge in [-0.05, 0) is 23.8 Å². The molecule has 0 unspecified atom stereocenters. The van der Waals surface area contributed by atoms with E-state index in [2.05, 4.69) is 36.4 Å². The molecule has 0 bridgehead atoms. The van der Waals surface area contributed by atoms with Gasteiger partial charge in [0.15, 0.2) is 0 Å². The molecular formula is C19H18BrN5O3. The molecule has 144 valence electrons. The van der Waals surface area contributed by atoms with Crippen molar-refractivity contribution in [1.29, 1.82) is 0 Å². The lowest BCUT2D eigenvalue weighted by Gasteiger charge is -2.06. The first-order chi connectivity index (χ1) is 13.5. The van der Waals surface area contributed by atoms with Crippen molar-refractivity contribution in [2.75, 3.05) is 11.9 Å². The summed E-state index contributed by atoms with van der Waals surface area (Å²) in [6, 6.07) is 15.3. The quantitative estimate of drug-likeness (QED) is 0.573. The fraction of sp³-hybridized carbons (Fsp3) is 0.158. The van der Waals surface area contributed by atoms with Gasteiger partial charge in [0.25, 0.3) is 5.91 Å². The number of carbonyl (C=O) groups is 2. The first-order valence-corrected chi connectivity index (χ1v) is 9.28. The molecule has 2 heterocycles. The van der Waals surface area contributed by atoms with E-state index in [0.717, 1.165) is 21.5 Å². The molecular weight excluding hydrogens is 426 g/mol. The molecule has 1 aliphatic heterocycles. The highest BCUT2D eigenvalue weighted by atomic mass is 79.9. The van der Waals surface area contributed by atoms with E-state index in [1.807, 2.05) is 48.5 Å². The number of halogens is 1. The number of H-pyrrole nitrogens is 1. The van der Waals surface area contributed by atoms with Gasteiger partial charge in [0.05, 0.1) is 18.7 Å². The number of benzene rings is 2. The van der Waals surface area contributed by atoms with Crippen molar-refractivity contribution in [3.8, 4) is 5.75 Å². The smallest absolute Gasteiger partial charge is 0.288 e. The minimum Gasteiger partial charge on any atom is -0.491 e. The van der Waals surface area contributed by atoms with Crippen molar-refractivity contribution in [3.63, 3.8) is 0 Å². The van der Waals surface area contributed by atoms with E-state index in [-0.39, 0.29) is 11.7 Å². The monoisotopic (exact) mass is 443 g/mol. The summed E-state index contributed by atoms with van der Waals surface area (Å²) in [7, 11) is 0. The first-order valence-electron chi connectivity index (χ1n) is 8.48. The van der Waals surface area contributed by atoms with E-state index < -0.39 is 5.91 Å². The Labute approximate surface area is 169 Å². The highest BCUT2D eigenvalue weighted by Gasteiger charge is 2.13. The molecule has 9 heteroatoms. The number of carbonyl (C=O) groups excluding carboxylic acids is 2. The minimum atomic E-state index is -0.620. The zero-order valence-electron chi connectivity index (χ0n) is 14.8. The van der Waals surface area contributed by atoms with Gasteiger partial charge in [-0.2, -0.15) is 0 Å². The van der Waals surface area contributed by atoms with E-state index in [1.165, 1.54) is 0 Å². The number of primary amides is 1. The van der Waals surface area contributed by atoms with Crippen LogP contribution in [0.3, 0.4) is 0 Å².